The van der Waals surface area contributed by atoms with Crippen LogP contribution in [0.4, 0.5) is 21.0 Å². The molecule has 0 radical (unpaired) electrons. The van der Waals surface area contributed by atoms with Gasteiger partial charge in [-0.15, -0.1) is 0 Å². The summed E-state index contributed by atoms with van der Waals surface area (Å²) < 4.78 is 15.4. The van der Waals surface area contributed by atoms with Crippen LogP contribution in [0.15, 0.2) is 48.5 Å². The monoisotopic (exact) mass is 556 g/mol. The molecule has 2 atom stereocenters. The molecule has 13 nitrogen and oxygen atoms in total. The molecular weight excluding hydrogens is 524 g/mol. The van der Waals surface area contributed by atoms with E-state index < -0.39 is 46.7 Å². The Morgan fingerprint density at radius 2 is 1.77 bits per heavy atom. The van der Waals surface area contributed by atoms with Crippen molar-refractivity contribution in [3.63, 3.8) is 0 Å². The van der Waals surface area contributed by atoms with Gasteiger partial charge in [-0.3, -0.25) is 19.7 Å². The van der Waals surface area contributed by atoms with Crippen molar-refractivity contribution in [2.45, 2.75) is 64.8 Å². The highest BCUT2D eigenvalue weighted by molar-refractivity contribution is 5.99. The topological polar surface area (TPSA) is 166 Å². The summed E-state index contributed by atoms with van der Waals surface area (Å²) in [4.78, 5) is 62.0. The number of amides is 3. The molecule has 13 heteroatoms. The first-order valence-electron chi connectivity index (χ1n) is 12.6. The number of nitrogens with zero attached hydrogens (tertiary/aromatic N) is 2. The molecule has 0 spiro atoms. The summed E-state index contributed by atoms with van der Waals surface area (Å²) in [5, 5.41) is 16.1. The molecule has 3 amide bonds. The number of nitro benzene ring substituents is 1. The second kappa shape index (κ2) is 12.9. The average Bonchev–Trinajstić information content (AvgIpc) is 3.37. The lowest BCUT2D eigenvalue weighted by Crippen LogP contribution is -2.52. The molecule has 0 aliphatic carbocycles. The highest BCUT2D eigenvalue weighted by atomic mass is 16.7. The quantitative estimate of drug-likeness (QED) is 0.210. The third-order valence-electron chi connectivity index (χ3n) is 5.81. The van der Waals surface area contributed by atoms with Crippen molar-refractivity contribution < 1.29 is 38.3 Å². The van der Waals surface area contributed by atoms with Gasteiger partial charge in [-0.1, -0.05) is 18.2 Å². The number of para-hydroxylation sites is 1. The summed E-state index contributed by atoms with van der Waals surface area (Å²) in [6.07, 6.45) is -0.706. The number of rotatable bonds is 8. The van der Waals surface area contributed by atoms with Crippen LogP contribution in [0.1, 0.15) is 46.1 Å². The van der Waals surface area contributed by atoms with Crippen molar-refractivity contribution in [3.8, 4) is 5.75 Å². The largest absolute Gasteiger partial charge is 0.514 e. The molecule has 1 saturated heterocycles. The number of nitrogens with one attached hydrogen (secondary N) is 2. The van der Waals surface area contributed by atoms with Crippen molar-refractivity contribution in [1.29, 1.82) is 0 Å². The molecule has 2 aromatic carbocycles. The molecule has 1 heterocycles. The predicted molar refractivity (Wildman–Crippen MR) is 143 cm³/mol. The molecule has 1 aliphatic heterocycles. The maximum atomic E-state index is 13.2. The normalized spacial score (nSPS) is 15.5. The highest BCUT2D eigenvalue weighted by Gasteiger charge is 2.37. The van der Waals surface area contributed by atoms with Gasteiger partial charge in [0.1, 0.15) is 30.0 Å². The summed E-state index contributed by atoms with van der Waals surface area (Å²) in [5.74, 6) is -0.760. The number of non-ortho nitro benzene ring substituents is 1. The average molecular weight is 557 g/mol. The van der Waals surface area contributed by atoms with Gasteiger partial charge < -0.3 is 29.7 Å². The smallest absolute Gasteiger partial charge is 0.444 e. The minimum absolute atomic E-state index is 0.0681. The second-order valence-electron chi connectivity index (χ2n) is 10.1. The predicted octanol–water partition coefficient (Wildman–Crippen LogP) is 4.15. The summed E-state index contributed by atoms with van der Waals surface area (Å²) in [5.41, 5.74) is -0.00883. The Morgan fingerprint density at radius 3 is 2.42 bits per heavy atom. The van der Waals surface area contributed by atoms with Gasteiger partial charge in [0, 0.05) is 29.9 Å². The molecule has 0 bridgehead atoms. The maximum Gasteiger partial charge on any atom is 0.514 e. The van der Waals surface area contributed by atoms with Gasteiger partial charge >= 0.3 is 12.2 Å². The Hall–Kier alpha value is -4.68. The number of carbonyl (C=O) groups is 4. The second-order valence-corrected chi connectivity index (χ2v) is 10.1. The fraction of sp³-hybridized carbons (Fsp3) is 0.407. The number of likely N-dealkylation sites (tertiary alicyclic amines) is 1. The Labute approximate surface area is 230 Å². The number of carbonyl (C=O) groups excluding carboxylic acids is 4. The van der Waals surface area contributed by atoms with E-state index in [2.05, 4.69) is 10.6 Å². The SMILES string of the molecule is C[C@@H](NC(=O)OC(C)(C)C)C(=O)N1CCC[C@H]1C(=O)Nc1ccccc1COC(=O)Oc1ccc([N+](=O)[O-])cc1. The van der Waals surface area contributed by atoms with E-state index in [0.717, 1.165) is 0 Å². The summed E-state index contributed by atoms with van der Waals surface area (Å²) in [7, 11) is 0. The third-order valence-corrected chi connectivity index (χ3v) is 5.81. The number of anilines is 1. The van der Waals surface area contributed by atoms with E-state index in [0.29, 0.717) is 30.6 Å². The number of hydrogen-bond donors (Lipinski definition) is 2. The van der Waals surface area contributed by atoms with Crippen LogP contribution in [0.5, 0.6) is 5.75 Å². The van der Waals surface area contributed by atoms with Crippen LogP contribution in [-0.2, 0) is 25.7 Å². The summed E-state index contributed by atoms with van der Waals surface area (Å²) in [6.45, 7) is 6.80. The molecule has 2 aromatic rings. The summed E-state index contributed by atoms with van der Waals surface area (Å²) >= 11 is 0. The standard InChI is InChI=1S/C27H32N4O9/c1-17(28-25(34)40-27(2,3)4)24(33)30-15-7-10-22(30)23(32)29-21-9-6-5-8-18(21)16-38-26(35)39-20-13-11-19(12-14-20)31(36)37/h5-6,8-9,11-14,17,22H,7,10,15-16H2,1-4H3,(H,28,34)(H,29,32)/t17-,22+/m1/s1. The molecule has 0 saturated carbocycles. The Bertz CT molecular complexity index is 1260. The van der Waals surface area contributed by atoms with E-state index in [4.69, 9.17) is 14.2 Å². The van der Waals surface area contributed by atoms with Crippen LogP contribution in [0.2, 0.25) is 0 Å². The first-order chi connectivity index (χ1) is 18.8. The summed E-state index contributed by atoms with van der Waals surface area (Å²) in [6, 6.07) is 9.95. The first kappa shape index (κ1) is 29.9. The molecule has 0 aromatic heterocycles. The van der Waals surface area contributed by atoms with Gasteiger partial charge in [-0.25, -0.2) is 9.59 Å². The van der Waals surface area contributed by atoms with Crippen LogP contribution >= 0.6 is 0 Å². The lowest BCUT2D eigenvalue weighted by molar-refractivity contribution is -0.384. The zero-order chi connectivity index (χ0) is 29.4. The van der Waals surface area contributed by atoms with Crippen molar-refractivity contribution in [3.05, 3.63) is 64.2 Å². The van der Waals surface area contributed by atoms with E-state index in [1.54, 1.807) is 45.0 Å². The molecule has 1 aliphatic rings. The number of benzene rings is 2. The molecule has 3 rings (SSSR count). The van der Waals surface area contributed by atoms with Crippen molar-refractivity contribution >= 4 is 35.4 Å². The van der Waals surface area contributed by atoms with Gasteiger partial charge in [0.2, 0.25) is 11.8 Å². The Morgan fingerprint density at radius 1 is 1.10 bits per heavy atom. The van der Waals surface area contributed by atoms with Crippen molar-refractivity contribution in [2.24, 2.45) is 0 Å². The maximum absolute atomic E-state index is 13.2. The highest BCUT2D eigenvalue weighted by Crippen LogP contribution is 2.23. The third kappa shape index (κ3) is 8.41. The zero-order valence-electron chi connectivity index (χ0n) is 22.7. The molecule has 1 fully saturated rings. The van der Waals surface area contributed by atoms with Crippen LogP contribution < -0.4 is 15.4 Å². The first-order valence-corrected chi connectivity index (χ1v) is 12.6. The van der Waals surface area contributed by atoms with Crippen molar-refractivity contribution in [2.75, 3.05) is 11.9 Å². The van der Waals surface area contributed by atoms with Crippen LogP contribution in [0, 0.1) is 10.1 Å². The number of alkyl carbamates (subject to hydrolysis) is 1. The molecule has 214 valence electrons. The van der Waals surface area contributed by atoms with E-state index in [-0.39, 0.29) is 18.0 Å². The van der Waals surface area contributed by atoms with Gasteiger partial charge in [0.15, 0.2) is 0 Å². The molecule has 2 N–H and O–H groups in total. The van der Waals surface area contributed by atoms with Gasteiger partial charge in [0.25, 0.3) is 5.69 Å². The van der Waals surface area contributed by atoms with E-state index in [1.165, 1.54) is 36.1 Å². The molecular formula is C27H32N4O9. The molecule has 40 heavy (non-hydrogen) atoms. The van der Waals surface area contributed by atoms with E-state index >= 15 is 0 Å². The Kier molecular flexibility index (Phi) is 9.64. The fourth-order valence-corrected chi connectivity index (χ4v) is 3.98. The lowest BCUT2D eigenvalue weighted by atomic mass is 10.1. The van der Waals surface area contributed by atoms with Gasteiger partial charge in [-0.2, -0.15) is 0 Å². The lowest BCUT2D eigenvalue weighted by Gasteiger charge is -2.28. The minimum Gasteiger partial charge on any atom is -0.444 e. The van der Waals surface area contributed by atoms with Crippen LogP contribution in [0.25, 0.3) is 0 Å². The number of ether oxygens (including phenoxy) is 3. The van der Waals surface area contributed by atoms with Crippen molar-refractivity contribution in [1.82, 2.24) is 10.2 Å². The zero-order valence-corrected chi connectivity index (χ0v) is 22.7. The number of hydrogen-bond acceptors (Lipinski definition) is 9. The van der Waals surface area contributed by atoms with Gasteiger partial charge in [0.05, 0.1) is 4.92 Å². The van der Waals surface area contributed by atoms with Gasteiger partial charge in [-0.05, 0) is 58.7 Å². The minimum atomic E-state index is -1.03. The Balaban J connectivity index is 1.58. The van der Waals surface area contributed by atoms with E-state index in [9.17, 15) is 29.3 Å². The van der Waals surface area contributed by atoms with Crippen LogP contribution in [0.3, 0.4) is 0 Å². The fourth-order valence-electron chi connectivity index (χ4n) is 3.98. The molecule has 0 unspecified atom stereocenters. The van der Waals surface area contributed by atoms with Crippen LogP contribution in [-0.4, -0.2) is 58.1 Å². The van der Waals surface area contributed by atoms with E-state index in [1.807, 2.05) is 0 Å². The number of nitro groups is 1.